The monoisotopic (exact) mass is 216 g/mol. The minimum atomic E-state index is -0.859. The average molecular weight is 216 g/mol. The Hall–Kier alpha value is -1.61. The molecule has 0 bridgehead atoms. The smallest absolute Gasteiger partial charge is 0.140 e. The van der Waals surface area contributed by atoms with Crippen molar-refractivity contribution < 1.29 is 5.11 Å². The molecule has 3 heteroatoms. The van der Waals surface area contributed by atoms with Gasteiger partial charge in [-0.05, 0) is 19.4 Å². The molecule has 3 nitrogen and oxygen atoms in total. The topological polar surface area (TPSA) is 38.0 Å². The van der Waals surface area contributed by atoms with Crippen LogP contribution in [-0.4, -0.2) is 14.7 Å². The second-order valence-electron chi connectivity index (χ2n) is 4.47. The normalized spacial score (nSPS) is 11.8. The summed E-state index contributed by atoms with van der Waals surface area (Å²) in [6, 6.07) is 7.80. The Bertz CT molecular complexity index is 495. The summed E-state index contributed by atoms with van der Waals surface area (Å²) in [5, 5.41) is 10.1. The van der Waals surface area contributed by atoms with Gasteiger partial charge in [0.25, 0.3) is 0 Å². The summed E-state index contributed by atoms with van der Waals surface area (Å²) in [4.78, 5) is 4.31. The molecule has 84 valence electrons. The number of hydrogen-bond donors (Lipinski definition) is 1. The second-order valence-corrected chi connectivity index (χ2v) is 4.47. The number of aromatic nitrogens is 2. The maximum Gasteiger partial charge on any atom is 0.140 e. The number of nitrogens with zero attached hydrogens (tertiary/aromatic N) is 2. The van der Waals surface area contributed by atoms with Crippen molar-refractivity contribution in [3.63, 3.8) is 0 Å². The average Bonchev–Trinajstić information content (AvgIpc) is 2.63. The van der Waals surface area contributed by atoms with Crippen LogP contribution in [0.3, 0.4) is 0 Å². The molecule has 2 aromatic rings. The number of rotatable bonds is 2. The predicted molar refractivity (Wildman–Crippen MR) is 63.9 cm³/mol. The van der Waals surface area contributed by atoms with Gasteiger partial charge in [-0.3, -0.25) is 0 Å². The fraction of sp³-hybridized carbons (Fsp3) is 0.308. The first-order chi connectivity index (χ1) is 7.50. The fourth-order valence-electron chi connectivity index (χ4n) is 1.84. The summed E-state index contributed by atoms with van der Waals surface area (Å²) in [6.45, 7) is 3.57. The molecule has 0 atom stereocenters. The van der Waals surface area contributed by atoms with Crippen LogP contribution in [0, 0.1) is 0 Å². The molecule has 0 unspecified atom stereocenters. The van der Waals surface area contributed by atoms with E-state index in [1.165, 1.54) is 0 Å². The molecule has 0 aliphatic rings. The highest BCUT2D eigenvalue weighted by Crippen LogP contribution is 2.30. The van der Waals surface area contributed by atoms with E-state index >= 15 is 0 Å². The molecule has 0 radical (unpaired) electrons. The summed E-state index contributed by atoms with van der Waals surface area (Å²) < 4.78 is 1.95. The summed E-state index contributed by atoms with van der Waals surface area (Å²) in [5.41, 5.74) is 1.01. The van der Waals surface area contributed by atoms with Crippen molar-refractivity contribution in [2.75, 3.05) is 0 Å². The van der Waals surface area contributed by atoms with Gasteiger partial charge in [-0.2, -0.15) is 0 Å². The highest BCUT2D eigenvalue weighted by atomic mass is 16.3. The van der Waals surface area contributed by atoms with Gasteiger partial charge in [0.15, 0.2) is 0 Å². The largest absolute Gasteiger partial charge is 0.386 e. The number of aryl methyl sites for hydroxylation is 1. The molecule has 1 aromatic carbocycles. The Kier molecular flexibility index (Phi) is 2.56. The Morgan fingerprint density at radius 1 is 1.25 bits per heavy atom. The maximum absolute atomic E-state index is 10.1. The van der Waals surface area contributed by atoms with E-state index < -0.39 is 5.60 Å². The van der Waals surface area contributed by atoms with Crippen LogP contribution in [0.1, 0.15) is 19.4 Å². The fourth-order valence-corrected chi connectivity index (χ4v) is 1.84. The van der Waals surface area contributed by atoms with Crippen molar-refractivity contribution in [2.24, 2.45) is 7.05 Å². The number of imidazole rings is 1. The third-order valence-electron chi connectivity index (χ3n) is 2.65. The summed E-state index contributed by atoms with van der Waals surface area (Å²) in [5.74, 6) is 0.873. The van der Waals surface area contributed by atoms with E-state index in [0.29, 0.717) is 0 Å². The molecule has 0 fully saturated rings. The highest BCUT2D eigenvalue weighted by Gasteiger charge is 2.21. The zero-order valence-electron chi connectivity index (χ0n) is 9.81. The van der Waals surface area contributed by atoms with Gasteiger partial charge in [-0.15, -0.1) is 0 Å². The zero-order chi connectivity index (χ0) is 11.8. The van der Waals surface area contributed by atoms with Crippen LogP contribution in [0.4, 0.5) is 0 Å². The summed E-state index contributed by atoms with van der Waals surface area (Å²) in [6.07, 6.45) is 3.66. The molecule has 1 heterocycles. The lowest BCUT2D eigenvalue weighted by Crippen LogP contribution is -2.17. The lowest BCUT2D eigenvalue weighted by Gasteiger charge is -2.21. The Labute approximate surface area is 95.4 Å². The van der Waals surface area contributed by atoms with E-state index in [0.717, 1.165) is 17.0 Å². The van der Waals surface area contributed by atoms with Gasteiger partial charge < -0.3 is 9.67 Å². The molecule has 0 aliphatic carbocycles. The molecule has 0 spiro atoms. The zero-order valence-corrected chi connectivity index (χ0v) is 9.81. The van der Waals surface area contributed by atoms with E-state index in [9.17, 15) is 5.11 Å². The van der Waals surface area contributed by atoms with Crippen LogP contribution >= 0.6 is 0 Å². The second kappa shape index (κ2) is 3.76. The molecule has 0 aliphatic heterocycles. The van der Waals surface area contributed by atoms with Gasteiger partial charge in [0.05, 0.1) is 5.60 Å². The molecule has 0 saturated carbocycles. The molecule has 16 heavy (non-hydrogen) atoms. The van der Waals surface area contributed by atoms with Crippen molar-refractivity contribution in [3.05, 3.63) is 42.2 Å². The van der Waals surface area contributed by atoms with Crippen molar-refractivity contribution >= 4 is 0 Å². The predicted octanol–water partition coefficient (Wildman–Crippen LogP) is 2.31. The van der Waals surface area contributed by atoms with E-state index in [1.54, 1.807) is 20.0 Å². The van der Waals surface area contributed by atoms with Crippen LogP contribution in [0.2, 0.25) is 0 Å². The van der Waals surface area contributed by atoms with Gasteiger partial charge in [-0.25, -0.2) is 4.98 Å². The Morgan fingerprint density at radius 3 is 2.50 bits per heavy atom. The first-order valence-electron chi connectivity index (χ1n) is 5.30. The maximum atomic E-state index is 10.1. The van der Waals surface area contributed by atoms with E-state index in [4.69, 9.17) is 0 Å². The molecular weight excluding hydrogens is 200 g/mol. The third-order valence-corrected chi connectivity index (χ3v) is 2.65. The van der Waals surface area contributed by atoms with Crippen LogP contribution in [0.25, 0.3) is 11.4 Å². The van der Waals surface area contributed by atoms with E-state index in [-0.39, 0.29) is 0 Å². The van der Waals surface area contributed by atoms with Crippen molar-refractivity contribution in [1.82, 2.24) is 9.55 Å². The molecule has 0 saturated heterocycles. The van der Waals surface area contributed by atoms with Crippen LogP contribution < -0.4 is 0 Å². The summed E-state index contributed by atoms with van der Waals surface area (Å²) in [7, 11) is 1.95. The van der Waals surface area contributed by atoms with Crippen molar-refractivity contribution in [2.45, 2.75) is 19.4 Å². The minimum absolute atomic E-state index is 0.859. The summed E-state index contributed by atoms with van der Waals surface area (Å²) >= 11 is 0. The van der Waals surface area contributed by atoms with Crippen LogP contribution in [-0.2, 0) is 12.6 Å². The van der Waals surface area contributed by atoms with E-state index in [2.05, 4.69) is 4.98 Å². The van der Waals surface area contributed by atoms with Gasteiger partial charge in [0, 0.05) is 25.0 Å². The highest BCUT2D eigenvalue weighted by molar-refractivity contribution is 5.62. The molecule has 1 aromatic heterocycles. The van der Waals surface area contributed by atoms with Crippen LogP contribution in [0.15, 0.2) is 36.7 Å². The first kappa shape index (κ1) is 10.9. The molecule has 2 rings (SSSR count). The standard InChI is InChI=1S/C13H16N2O/c1-13(2,16)11-7-5-4-6-10(11)12-14-8-9-15(12)3/h4-9,16H,1-3H3. The van der Waals surface area contributed by atoms with Crippen molar-refractivity contribution in [3.8, 4) is 11.4 Å². The quantitative estimate of drug-likeness (QED) is 0.836. The minimum Gasteiger partial charge on any atom is -0.386 e. The Morgan fingerprint density at radius 2 is 1.94 bits per heavy atom. The van der Waals surface area contributed by atoms with Gasteiger partial charge in [-0.1, -0.05) is 24.3 Å². The van der Waals surface area contributed by atoms with Gasteiger partial charge >= 0.3 is 0 Å². The lowest BCUT2D eigenvalue weighted by atomic mass is 9.93. The molecular formula is C13H16N2O. The van der Waals surface area contributed by atoms with Crippen LogP contribution in [0.5, 0.6) is 0 Å². The first-order valence-corrected chi connectivity index (χ1v) is 5.30. The third kappa shape index (κ3) is 1.86. The van der Waals surface area contributed by atoms with Gasteiger partial charge in [0.2, 0.25) is 0 Å². The van der Waals surface area contributed by atoms with Gasteiger partial charge in [0.1, 0.15) is 5.82 Å². The van der Waals surface area contributed by atoms with E-state index in [1.807, 2.05) is 42.1 Å². The number of aliphatic hydroxyl groups is 1. The number of hydrogen-bond acceptors (Lipinski definition) is 2. The SMILES string of the molecule is Cn1ccnc1-c1ccccc1C(C)(C)O. The molecule has 1 N–H and O–H groups in total. The lowest BCUT2D eigenvalue weighted by molar-refractivity contribution is 0.0791. The molecule has 0 amide bonds. The Balaban J connectivity index is 2.62. The number of benzene rings is 1. The van der Waals surface area contributed by atoms with Crippen molar-refractivity contribution in [1.29, 1.82) is 0 Å².